The van der Waals surface area contributed by atoms with Gasteiger partial charge in [-0.25, -0.2) is 0 Å². The Morgan fingerprint density at radius 1 is 0.453 bits per heavy atom. The summed E-state index contributed by atoms with van der Waals surface area (Å²) in [5.74, 6) is 1.90. The number of benzene rings is 8. The van der Waals surface area contributed by atoms with Gasteiger partial charge in [-0.05, 0) is 181 Å². The van der Waals surface area contributed by atoms with Crippen LogP contribution in [0.4, 0.5) is 51.2 Å². The predicted molar refractivity (Wildman–Crippen MR) is 281 cm³/mol. The molecule has 0 saturated heterocycles. The first kappa shape index (κ1) is 39.4. The fraction of sp³-hybridized carbons (Fsp3) is 0.158. The van der Waals surface area contributed by atoms with E-state index >= 15 is 0 Å². The lowest BCUT2D eigenvalue weighted by Gasteiger charge is -2.45. The first-order valence-electron chi connectivity index (χ1n) is 22.8. The van der Waals surface area contributed by atoms with Gasteiger partial charge in [-0.1, -0.05) is 108 Å². The number of halogens is 1. The Morgan fingerprint density at radius 3 is 1.64 bits per heavy atom. The molecule has 0 unspecified atom stereocenters. The Bertz CT molecular complexity index is 3220. The second kappa shape index (κ2) is 15.0. The molecule has 0 spiro atoms. The van der Waals surface area contributed by atoms with Gasteiger partial charge in [-0.3, -0.25) is 0 Å². The fourth-order valence-corrected chi connectivity index (χ4v) is 11.6. The molecule has 0 aliphatic carbocycles. The molecule has 0 N–H and O–H groups in total. The molecule has 4 heterocycles. The molecule has 0 bridgehead atoms. The van der Waals surface area contributed by atoms with E-state index in [1.165, 1.54) is 110 Å². The van der Waals surface area contributed by atoms with E-state index in [2.05, 4.69) is 224 Å². The summed E-state index contributed by atoms with van der Waals surface area (Å²) in [5.41, 5.74) is 26.1. The first-order valence-corrected chi connectivity index (χ1v) is 23.9. The van der Waals surface area contributed by atoms with Crippen LogP contribution in [0.1, 0.15) is 53.1 Å². The molecule has 8 aromatic rings. The monoisotopic (exact) mass is 939 g/mol. The number of fused-ring (bicyclic) bond motifs is 8. The highest BCUT2D eigenvalue weighted by Gasteiger charge is 2.48. The van der Waals surface area contributed by atoms with Gasteiger partial charge in [-0.2, -0.15) is 0 Å². The molecule has 0 amide bonds. The number of rotatable bonds is 6. The highest BCUT2D eigenvalue weighted by molar-refractivity contribution is 14.1. The number of hydrogen-bond donors (Lipinski definition) is 0. The predicted octanol–water partition coefficient (Wildman–Crippen LogP) is 11.7. The number of hydrogen-bond acceptors (Lipinski definition) is 4. The number of anilines is 9. The zero-order chi connectivity index (χ0) is 43.5. The Balaban J connectivity index is 1.16. The smallest absolute Gasteiger partial charge is 0.256 e. The number of nitrogens with zero attached hydrogens (tertiary/aromatic N) is 3. The van der Waals surface area contributed by atoms with E-state index < -0.39 is 0 Å². The van der Waals surface area contributed by atoms with Gasteiger partial charge in [0.05, 0.1) is 0 Å². The maximum atomic E-state index is 7.40. The lowest BCUT2D eigenvalue weighted by Crippen LogP contribution is -2.64. The molecule has 0 atom stereocenters. The van der Waals surface area contributed by atoms with E-state index in [9.17, 15) is 0 Å². The van der Waals surface area contributed by atoms with Crippen LogP contribution in [0.15, 0.2) is 146 Å². The average molecular weight is 940 g/mol. The van der Waals surface area contributed by atoms with Crippen LogP contribution in [0.25, 0.3) is 0 Å². The first-order chi connectivity index (χ1) is 31.1. The van der Waals surface area contributed by atoms with Gasteiger partial charge < -0.3 is 19.4 Å². The van der Waals surface area contributed by atoms with Crippen molar-refractivity contribution in [2.24, 2.45) is 0 Å². The summed E-state index contributed by atoms with van der Waals surface area (Å²) in [6, 6.07) is 55.6. The molecule has 64 heavy (non-hydrogen) atoms. The molecule has 12 rings (SSSR count). The zero-order valence-corrected chi connectivity index (χ0v) is 39.4. The lowest BCUT2D eigenvalue weighted by atomic mass is 9.30. The van der Waals surface area contributed by atoms with Crippen LogP contribution < -0.4 is 52.2 Å². The number of unbranched alkanes of at least 4 members (excludes halogenated alkanes) is 1. The van der Waals surface area contributed by atoms with Gasteiger partial charge in [0.1, 0.15) is 11.5 Å². The van der Waals surface area contributed by atoms with Crippen molar-refractivity contribution in [3.63, 3.8) is 0 Å². The Hall–Kier alpha value is -6.18. The third kappa shape index (κ3) is 6.03. The van der Waals surface area contributed by atoms with Crippen LogP contribution >= 0.6 is 22.6 Å². The van der Waals surface area contributed by atoms with Crippen molar-refractivity contribution >= 4 is 120 Å². The second-order valence-corrected chi connectivity index (χ2v) is 19.7. The minimum absolute atomic E-state index is 0.0122. The van der Waals surface area contributed by atoms with E-state index in [0.717, 1.165) is 42.1 Å². The zero-order valence-electron chi connectivity index (χ0n) is 37.3. The molecule has 7 heteroatoms. The second-order valence-electron chi connectivity index (χ2n) is 18.5. The van der Waals surface area contributed by atoms with Crippen LogP contribution in [0.2, 0.25) is 0 Å². The highest BCUT2D eigenvalue weighted by Crippen LogP contribution is 2.47. The van der Waals surface area contributed by atoms with Crippen LogP contribution in [0, 0.1) is 38.2 Å². The summed E-state index contributed by atoms with van der Waals surface area (Å²) in [5, 5.41) is 0. The minimum atomic E-state index is -0.0211. The SMILES string of the molecule is CCCCc1cc2c3c(c1)N(c1ccc(C)cc1)c1cccc(C)c1B3c1cc3c(cc1O2)N(c1ccc(C)cc1)c1cc(I)cc2c1B3c1cc(C)ccc1N2c1ccc(C)cc1. The van der Waals surface area contributed by atoms with E-state index in [4.69, 9.17) is 4.74 Å². The lowest BCUT2D eigenvalue weighted by molar-refractivity contribution is 0.487. The topological polar surface area (TPSA) is 19.0 Å². The molecule has 0 radical (unpaired) electrons. The van der Waals surface area contributed by atoms with Crippen molar-refractivity contribution < 1.29 is 4.74 Å². The summed E-state index contributed by atoms with van der Waals surface area (Å²) in [4.78, 5) is 7.52. The van der Waals surface area contributed by atoms with Gasteiger partial charge in [0, 0.05) is 60.8 Å². The normalized spacial score (nSPS) is 13.7. The van der Waals surface area contributed by atoms with Crippen LogP contribution in [0.5, 0.6) is 11.5 Å². The van der Waals surface area contributed by atoms with Crippen LogP contribution in [-0.4, -0.2) is 13.4 Å². The van der Waals surface area contributed by atoms with Gasteiger partial charge in [0.2, 0.25) is 0 Å². The van der Waals surface area contributed by atoms with Crippen molar-refractivity contribution in [1.29, 1.82) is 0 Å². The maximum Gasteiger partial charge on any atom is 0.256 e. The largest absolute Gasteiger partial charge is 0.458 e. The Labute approximate surface area is 391 Å². The highest BCUT2D eigenvalue weighted by atomic mass is 127. The summed E-state index contributed by atoms with van der Waals surface area (Å²) in [7, 11) is 0. The minimum Gasteiger partial charge on any atom is -0.458 e. The molecule has 8 aromatic carbocycles. The van der Waals surface area contributed by atoms with E-state index in [-0.39, 0.29) is 13.4 Å². The van der Waals surface area contributed by atoms with Crippen LogP contribution in [-0.2, 0) is 6.42 Å². The quantitative estimate of drug-likeness (QED) is 0.122. The molecular formula is C57H48B2IN3O. The molecule has 0 aromatic heterocycles. The van der Waals surface area contributed by atoms with Gasteiger partial charge in [0.15, 0.2) is 0 Å². The molecular weight excluding hydrogens is 891 g/mol. The van der Waals surface area contributed by atoms with E-state index in [0.29, 0.717) is 0 Å². The summed E-state index contributed by atoms with van der Waals surface area (Å²) < 4.78 is 8.60. The number of aryl methyl sites for hydroxylation is 6. The van der Waals surface area contributed by atoms with Crippen LogP contribution in [0.3, 0.4) is 0 Å². The van der Waals surface area contributed by atoms with Crippen molar-refractivity contribution in [3.8, 4) is 11.5 Å². The molecule has 4 nitrogen and oxygen atoms in total. The maximum absolute atomic E-state index is 7.40. The summed E-state index contributed by atoms with van der Waals surface area (Å²) >= 11 is 2.53. The van der Waals surface area contributed by atoms with Crippen molar-refractivity contribution in [2.45, 2.75) is 60.8 Å². The van der Waals surface area contributed by atoms with Gasteiger partial charge in [0.25, 0.3) is 13.4 Å². The fourth-order valence-electron chi connectivity index (χ4n) is 11.1. The van der Waals surface area contributed by atoms with Crippen molar-refractivity contribution in [3.05, 3.63) is 183 Å². The molecule has 0 saturated carbocycles. The van der Waals surface area contributed by atoms with Crippen molar-refractivity contribution in [1.82, 2.24) is 0 Å². The number of ether oxygens (including phenoxy) is 1. The standard InChI is InChI=1S/C57H48B2IN3O/c1-7-8-11-39-28-50-57-54(29-39)64-53-33-49-45(32-46(53)59(57)55-38(6)10-9-12-48(55)62(50)42-22-15-35(3)16-23-42)58-44-27-37(5)19-26-47(44)61(41-20-13-34(2)14-21-41)51-30-40(60)31-52(56(51)58)63(49)43-24-17-36(4)18-25-43/h9-10,12-33H,7-8,11H2,1-6H3. The third-order valence-electron chi connectivity index (χ3n) is 14.1. The Kier molecular flexibility index (Phi) is 9.21. The Morgan fingerprint density at radius 2 is 1.02 bits per heavy atom. The summed E-state index contributed by atoms with van der Waals surface area (Å²) in [6.45, 7) is 13.3. The van der Waals surface area contributed by atoms with E-state index in [1.807, 2.05) is 0 Å². The molecule has 310 valence electrons. The average Bonchev–Trinajstić information content (AvgIpc) is 3.29. The van der Waals surface area contributed by atoms with E-state index in [1.54, 1.807) is 0 Å². The molecule has 0 fully saturated rings. The summed E-state index contributed by atoms with van der Waals surface area (Å²) in [6.07, 6.45) is 3.27. The molecule has 4 aliphatic rings. The van der Waals surface area contributed by atoms with Gasteiger partial charge in [-0.15, -0.1) is 0 Å². The van der Waals surface area contributed by atoms with Gasteiger partial charge >= 0.3 is 0 Å². The van der Waals surface area contributed by atoms with Crippen molar-refractivity contribution in [2.75, 3.05) is 14.7 Å². The third-order valence-corrected chi connectivity index (χ3v) is 14.7. The molecule has 4 aliphatic heterocycles.